The van der Waals surface area contributed by atoms with Gasteiger partial charge in [0.1, 0.15) is 0 Å². The molecule has 0 spiro atoms. The van der Waals surface area contributed by atoms with Crippen LogP contribution in [0.2, 0.25) is 0 Å². The van der Waals surface area contributed by atoms with E-state index in [2.05, 4.69) is 10.6 Å². The Balaban J connectivity index is 2.08. The molecule has 1 atom stereocenters. The molecule has 5 N–H and O–H groups in total. The summed E-state index contributed by atoms with van der Waals surface area (Å²) in [5.74, 6) is -0.982. The van der Waals surface area contributed by atoms with Crippen LogP contribution in [0.1, 0.15) is 28.8 Å². The Labute approximate surface area is 111 Å². The van der Waals surface area contributed by atoms with Gasteiger partial charge in [-0.1, -0.05) is 0 Å². The molecule has 0 saturated carbocycles. The number of rotatable bonds is 4. The van der Waals surface area contributed by atoms with Crippen LogP contribution in [0.15, 0.2) is 12.1 Å². The number of hydrogen-bond donors (Lipinski definition) is 4. The Bertz CT molecular complexity index is 528. The summed E-state index contributed by atoms with van der Waals surface area (Å²) in [6.45, 7) is 2.35. The zero-order chi connectivity index (χ0) is 14.0. The van der Waals surface area contributed by atoms with E-state index in [1.54, 1.807) is 13.0 Å². The van der Waals surface area contributed by atoms with Gasteiger partial charge in [0.05, 0.1) is 5.56 Å². The number of aromatic carboxylic acids is 1. The molecular weight excluding hydrogens is 246 g/mol. The molecule has 2 rings (SSSR count). The first-order valence-corrected chi connectivity index (χ1v) is 6.14. The Morgan fingerprint density at radius 2 is 2.32 bits per heavy atom. The van der Waals surface area contributed by atoms with Crippen LogP contribution >= 0.6 is 0 Å². The second-order valence-corrected chi connectivity index (χ2v) is 4.74. The van der Waals surface area contributed by atoms with E-state index in [4.69, 9.17) is 10.8 Å². The molecule has 1 fully saturated rings. The van der Waals surface area contributed by atoms with Gasteiger partial charge in [0.25, 0.3) is 0 Å². The highest BCUT2D eigenvalue weighted by Crippen LogP contribution is 2.23. The van der Waals surface area contributed by atoms with Crippen LogP contribution < -0.4 is 16.4 Å². The second-order valence-electron chi connectivity index (χ2n) is 4.74. The lowest BCUT2D eigenvalue weighted by molar-refractivity contribution is -0.119. The van der Waals surface area contributed by atoms with Gasteiger partial charge >= 0.3 is 5.97 Å². The van der Waals surface area contributed by atoms with E-state index in [-0.39, 0.29) is 23.2 Å². The Hall–Kier alpha value is -2.24. The van der Waals surface area contributed by atoms with Crippen LogP contribution in [0.4, 0.5) is 11.4 Å². The van der Waals surface area contributed by atoms with Crippen molar-refractivity contribution in [2.75, 3.05) is 17.6 Å². The predicted molar refractivity (Wildman–Crippen MR) is 72.2 cm³/mol. The zero-order valence-corrected chi connectivity index (χ0v) is 10.7. The molecule has 19 heavy (non-hydrogen) atoms. The van der Waals surface area contributed by atoms with Crippen molar-refractivity contribution in [3.8, 4) is 0 Å². The number of carboxylic acids is 1. The van der Waals surface area contributed by atoms with E-state index in [1.807, 2.05) is 0 Å². The standard InChI is InChI=1S/C13H17N3O3/c1-7-4-9(5-10(12(7)14)13(18)19)15-6-8-2-3-11(17)16-8/h4-5,8,15H,2-3,6,14H2,1H3,(H,16,17)(H,18,19). The predicted octanol–water partition coefficient (Wildman–Crippen LogP) is 0.966. The van der Waals surface area contributed by atoms with Crippen molar-refractivity contribution >= 4 is 23.3 Å². The van der Waals surface area contributed by atoms with Crippen molar-refractivity contribution in [2.24, 2.45) is 0 Å². The SMILES string of the molecule is Cc1cc(NCC2CCC(=O)N2)cc(C(=O)O)c1N. The molecule has 1 aliphatic heterocycles. The fourth-order valence-electron chi connectivity index (χ4n) is 2.15. The van der Waals surface area contributed by atoms with E-state index in [1.165, 1.54) is 6.07 Å². The molecule has 0 radical (unpaired) electrons. The van der Waals surface area contributed by atoms with Gasteiger partial charge in [-0.25, -0.2) is 4.79 Å². The van der Waals surface area contributed by atoms with E-state index in [0.29, 0.717) is 18.7 Å². The van der Waals surface area contributed by atoms with E-state index in [0.717, 1.165) is 12.0 Å². The number of anilines is 2. The number of nitrogens with two attached hydrogens (primary N) is 1. The molecule has 1 aromatic rings. The van der Waals surface area contributed by atoms with Gasteiger partial charge in [0, 0.05) is 30.4 Å². The third-order valence-corrected chi connectivity index (χ3v) is 3.25. The number of carboxylic acid groups (broad SMARTS) is 1. The minimum Gasteiger partial charge on any atom is -0.478 e. The lowest BCUT2D eigenvalue weighted by Crippen LogP contribution is -2.31. The molecule has 0 bridgehead atoms. The number of aryl methyl sites for hydroxylation is 1. The fourth-order valence-corrected chi connectivity index (χ4v) is 2.15. The number of carbonyl (C=O) groups excluding carboxylic acids is 1. The summed E-state index contributed by atoms with van der Waals surface area (Å²) in [6, 6.07) is 3.42. The molecule has 1 aliphatic rings. The van der Waals surface area contributed by atoms with Crippen molar-refractivity contribution in [1.82, 2.24) is 5.32 Å². The maximum absolute atomic E-state index is 11.1. The van der Waals surface area contributed by atoms with Crippen molar-refractivity contribution in [3.05, 3.63) is 23.3 Å². The number of amides is 1. The number of hydrogen-bond acceptors (Lipinski definition) is 4. The van der Waals surface area contributed by atoms with Gasteiger partial charge < -0.3 is 21.5 Å². The van der Waals surface area contributed by atoms with E-state index in [9.17, 15) is 9.59 Å². The zero-order valence-electron chi connectivity index (χ0n) is 10.7. The maximum atomic E-state index is 11.1. The second kappa shape index (κ2) is 5.17. The molecule has 1 heterocycles. The summed E-state index contributed by atoms with van der Waals surface area (Å²) < 4.78 is 0. The molecule has 0 aliphatic carbocycles. The summed E-state index contributed by atoms with van der Waals surface area (Å²) >= 11 is 0. The van der Waals surface area contributed by atoms with Gasteiger partial charge in [0.15, 0.2) is 0 Å². The van der Waals surface area contributed by atoms with Gasteiger partial charge in [-0.2, -0.15) is 0 Å². The number of nitrogen functional groups attached to an aromatic ring is 1. The summed E-state index contributed by atoms with van der Waals surface area (Å²) in [5.41, 5.74) is 7.52. The first kappa shape index (κ1) is 13.2. The lowest BCUT2D eigenvalue weighted by atomic mass is 10.1. The van der Waals surface area contributed by atoms with Gasteiger partial charge in [-0.3, -0.25) is 4.79 Å². The minimum absolute atomic E-state index is 0.0616. The Morgan fingerprint density at radius 3 is 2.89 bits per heavy atom. The van der Waals surface area contributed by atoms with E-state index >= 15 is 0 Å². The molecule has 1 aromatic carbocycles. The van der Waals surface area contributed by atoms with Crippen LogP contribution in [0.25, 0.3) is 0 Å². The van der Waals surface area contributed by atoms with Crippen molar-refractivity contribution < 1.29 is 14.7 Å². The van der Waals surface area contributed by atoms with Crippen LogP contribution in [0.5, 0.6) is 0 Å². The average Bonchev–Trinajstić information content (AvgIpc) is 2.76. The van der Waals surface area contributed by atoms with E-state index < -0.39 is 5.97 Å². The van der Waals surface area contributed by atoms with Crippen molar-refractivity contribution in [1.29, 1.82) is 0 Å². The molecule has 6 nitrogen and oxygen atoms in total. The molecule has 1 amide bonds. The first-order valence-electron chi connectivity index (χ1n) is 6.14. The summed E-state index contributed by atoms with van der Waals surface area (Å²) in [7, 11) is 0. The highest BCUT2D eigenvalue weighted by molar-refractivity contribution is 5.95. The summed E-state index contributed by atoms with van der Waals surface area (Å²) in [6.07, 6.45) is 1.35. The van der Waals surface area contributed by atoms with Crippen LogP contribution in [0, 0.1) is 6.92 Å². The Kier molecular flexibility index (Phi) is 3.59. The summed E-state index contributed by atoms with van der Waals surface area (Å²) in [4.78, 5) is 22.1. The molecular formula is C13H17N3O3. The first-order chi connectivity index (χ1) is 8.97. The van der Waals surface area contributed by atoms with Crippen LogP contribution in [-0.4, -0.2) is 29.6 Å². The van der Waals surface area contributed by atoms with Crippen molar-refractivity contribution in [2.45, 2.75) is 25.8 Å². The van der Waals surface area contributed by atoms with Gasteiger partial charge in [0.2, 0.25) is 5.91 Å². The highest BCUT2D eigenvalue weighted by Gasteiger charge is 2.20. The fraction of sp³-hybridized carbons (Fsp3) is 0.385. The molecule has 1 unspecified atom stereocenters. The topological polar surface area (TPSA) is 104 Å². The van der Waals surface area contributed by atoms with Gasteiger partial charge in [-0.15, -0.1) is 0 Å². The largest absolute Gasteiger partial charge is 0.478 e. The van der Waals surface area contributed by atoms with Crippen molar-refractivity contribution in [3.63, 3.8) is 0 Å². The number of carbonyl (C=O) groups is 2. The minimum atomic E-state index is -1.04. The number of nitrogens with one attached hydrogen (secondary N) is 2. The molecule has 6 heteroatoms. The molecule has 1 saturated heterocycles. The van der Waals surface area contributed by atoms with Gasteiger partial charge in [-0.05, 0) is 31.0 Å². The lowest BCUT2D eigenvalue weighted by Gasteiger charge is -2.14. The average molecular weight is 263 g/mol. The maximum Gasteiger partial charge on any atom is 0.337 e. The monoisotopic (exact) mass is 263 g/mol. The third-order valence-electron chi connectivity index (χ3n) is 3.25. The Morgan fingerprint density at radius 1 is 1.58 bits per heavy atom. The smallest absolute Gasteiger partial charge is 0.337 e. The molecule has 102 valence electrons. The van der Waals surface area contributed by atoms with Crippen LogP contribution in [0.3, 0.4) is 0 Å². The quantitative estimate of drug-likeness (QED) is 0.606. The highest BCUT2D eigenvalue weighted by atomic mass is 16.4. The summed E-state index contributed by atoms with van der Waals surface area (Å²) in [5, 5.41) is 15.0. The normalized spacial score (nSPS) is 18.2. The third kappa shape index (κ3) is 2.96. The number of benzene rings is 1. The van der Waals surface area contributed by atoms with Crippen LogP contribution in [-0.2, 0) is 4.79 Å². The molecule has 0 aromatic heterocycles.